The van der Waals surface area contributed by atoms with Crippen LogP contribution >= 0.6 is 0 Å². The van der Waals surface area contributed by atoms with Crippen LogP contribution in [0.25, 0.3) is 0 Å². The summed E-state index contributed by atoms with van der Waals surface area (Å²) in [6.07, 6.45) is -0.953. The van der Waals surface area contributed by atoms with Crippen LogP contribution in [0.3, 0.4) is 0 Å². The van der Waals surface area contributed by atoms with Crippen molar-refractivity contribution in [1.29, 1.82) is 0 Å². The fourth-order valence-corrected chi connectivity index (χ4v) is 3.89. The number of halogens is 7. The highest BCUT2D eigenvalue weighted by Crippen LogP contribution is 2.38. The first-order chi connectivity index (χ1) is 15.0. The second-order valence-corrected chi connectivity index (χ2v) is 7.64. The maximum absolute atomic E-state index is 14.5. The molecule has 0 amide bonds. The van der Waals surface area contributed by atoms with Crippen molar-refractivity contribution in [3.8, 4) is 11.5 Å². The van der Waals surface area contributed by atoms with Gasteiger partial charge in [0, 0.05) is 12.1 Å². The van der Waals surface area contributed by atoms with Crippen LogP contribution in [0.15, 0.2) is 24.3 Å². The van der Waals surface area contributed by atoms with E-state index in [0.29, 0.717) is 11.5 Å². The molecule has 0 aromatic heterocycles. The number of benzene rings is 2. The quantitative estimate of drug-likeness (QED) is 0.270. The monoisotopic (exact) mass is 464 g/mol. The zero-order valence-electron chi connectivity index (χ0n) is 16.9. The average molecular weight is 464 g/mol. The lowest BCUT2D eigenvalue weighted by atomic mass is 9.77. The SMILES string of the molecule is CCC1CCC(c2cc(F)c(C(=O)Oc3cc(F)c(OC(F)(F)F)c(F)c3)c(F)c2)CC1. The number of alkyl halides is 3. The first-order valence-corrected chi connectivity index (χ1v) is 9.94. The number of hydrogen-bond acceptors (Lipinski definition) is 3. The highest BCUT2D eigenvalue weighted by molar-refractivity contribution is 5.91. The zero-order valence-corrected chi connectivity index (χ0v) is 16.9. The molecule has 10 heteroatoms. The summed E-state index contributed by atoms with van der Waals surface area (Å²) in [5.41, 5.74) is -0.677. The Hall–Kier alpha value is -2.78. The Morgan fingerprint density at radius 1 is 0.906 bits per heavy atom. The first kappa shape index (κ1) is 23.9. The van der Waals surface area contributed by atoms with Crippen LogP contribution in [-0.4, -0.2) is 12.3 Å². The topological polar surface area (TPSA) is 35.5 Å². The molecule has 0 N–H and O–H groups in total. The van der Waals surface area contributed by atoms with Crippen molar-refractivity contribution in [2.45, 2.75) is 51.3 Å². The summed E-state index contributed by atoms with van der Waals surface area (Å²) in [5.74, 6) is -9.77. The van der Waals surface area contributed by atoms with Crippen LogP contribution < -0.4 is 9.47 Å². The van der Waals surface area contributed by atoms with E-state index in [-0.39, 0.29) is 18.1 Å². The molecule has 174 valence electrons. The molecule has 0 aliphatic heterocycles. The Kier molecular flexibility index (Phi) is 7.00. The van der Waals surface area contributed by atoms with E-state index < -0.39 is 52.7 Å². The van der Waals surface area contributed by atoms with Crippen molar-refractivity contribution >= 4 is 5.97 Å². The maximum Gasteiger partial charge on any atom is 0.573 e. The van der Waals surface area contributed by atoms with Crippen molar-refractivity contribution in [3.63, 3.8) is 0 Å². The van der Waals surface area contributed by atoms with Gasteiger partial charge in [0.15, 0.2) is 11.6 Å². The molecule has 2 aromatic carbocycles. The van der Waals surface area contributed by atoms with Crippen LogP contribution in [0.2, 0.25) is 0 Å². The zero-order chi connectivity index (χ0) is 23.6. The van der Waals surface area contributed by atoms with Gasteiger partial charge in [0.25, 0.3) is 0 Å². The highest BCUT2D eigenvalue weighted by atomic mass is 19.4. The molecule has 32 heavy (non-hydrogen) atoms. The standard InChI is InChI=1S/C22H19F7O3/c1-2-11-3-5-12(6-4-11)13-7-15(23)19(16(24)8-13)21(30)31-14-9-17(25)20(18(26)10-14)32-22(27,28)29/h7-12H,2-6H2,1H3. The second-order valence-electron chi connectivity index (χ2n) is 7.64. The molecule has 0 unspecified atom stereocenters. The van der Waals surface area contributed by atoms with Crippen molar-refractivity contribution in [2.24, 2.45) is 5.92 Å². The Morgan fingerprint density at radius 2 is 1.44 bits per heavy atom. The second kappa shape index (κ2) is 9.38. The molecule has 3 nitrogen and oxygen atoms in total. The Labute approximate surface area is 179 Å². The largest absolute Gasteiger partial charge is 0.573 e. The minimum absolute atomic E-state index is 0.0590. The Morgan fingerprint density at radius 3 is 1.91 bits per heavy atom. The van der Waals surface area contributed by atoms with E-state index >= 15 is 0 Å². The molecule has 0 atom stereocenters. The third-order valence-corrected chi connectivity index (χ3v) is 5.56. The van der Waals surface area contributed by atoms with Gasteiger partial charge < -0.3 is 9.47 Å². The van der Waals surface area contributed by atoms with E-state index in [1.165, 1.54) is 0 Å². The lowest BCUT2D eigenvalue weighted by Crippen LogP contribution is -2.19. The molecule has 3 rings (SSSR count). The van der Waals surface area contributed by atoms with Gasteiger partial charge in [-0.15, -0.1) is 13.2 Å². The van der Waals surface area contributed by atoms with Crippen molar-refractivity contribution in [3.05, 3.63) is 58.7 Å². The van der Waals surface area contributed by atoms with Gasteiger partial charge in [0.05, 0.1) is 0 Å². The fraction of sp³-hybridized carbons (Fsp3) is 0.409. The summed E-state index contributed by atoms with van der Waals surface area (Å²) in [6, 6.07) is 2.52. The van der Waals surface area contributed by atoms with Crippen LogP contribution in [0.4, 0.5) is 30.7 Å². The van der Waals surface area contributed by atoms with Crippen LogP contribution in [0, 0.1) is 29.2 Å². The van der Waals surface area contributed by atoms with Gasteiger partial charge in [-0.05, 0) is 55.2 Å². The van der Waals surface area contributed by atoms with E-state index in [0.717, 1.165) is 44.2 Å². The summed E-state index contributed by atoms with van der Waals surface area (Å²) >= 11 is 0. The number of carbonyl (C=O) groups is 1. The van der Waals surface area contributed by atoms with Crippen molar-refractivity contribution in [1.82, 2.24) is 0 Å². The van der Waals surface area contributed by atoms with E-state index in [1.54, 1.807) is 0 Å². The normalized spacial score (nSPS) is 19.0. The number of ether oxygens (including phenoxy) is 2. The Balaban J connectivity index is 1.78. The number of hydrogen-bond donors (Lipinski definition) is 0. The first-order valence-electron chi connectivity index (χ1n) is 9.94. The van der Waals surface area contributed by atoms with Gasteiger partial charge in [0.1, 0.15) is 22.9 Å². The van der Waals surface area contributed by atoms with Crippen LogP contribution in [0.5, 0.6) is 11.5 Å². The molecule has 0 heterocycles. The molecule has 0 spiro atoms. The summed E-state index contributed by atoms with van der Waals surface area (Å²) in [6.45, 7) is 2.08. The smallest absolute Gasteiger partial charge is 0.423 e. The van der Waals surface area contributed by atoms with Crippen molar-refractivity contribution < 1.29 is 45.0 Å². The van der Waals surface area contributed by atoms with E-state index in [1.807, 2.05) is 0 Å². The van der Waals surface area contributed by atoms with Gasteiger partial charge in [-0.1, -0.05) is 13.3 Å². The molecule has 0 saturated heterocycles. The summed E-state index contributed by atoms with van der Waals surface area (Å²) in [7, 11) is 0. The van der Waals surface area contributed by atoms with Gasteiger partial charge in [-0.25, -0.2) is 22.4 Å². The number of esters is 1. The number of rotatable bonds is 5. The molecular formula is C22H19F7O3. The molecular weight excluding hydrogens is 445 g/mol. The molecule has 1 saturated carbocycles. The lowest BCUT2D eigenvalue weighted by molar-refractivity contribution is -0.276. The number of carbonyl (C=O) groups excluding carboxylic acids is 1. The summed E-state index contributed by atoms with van der Waals surface area (Å²) in [5, 5.41) is 0. The maximum atomic E-state index is 14.5. The molecule has 2 aromatic rings. The minimum atomic E-state index is -5.36. The molecule has 0 radical (unpaired) electrons. The third kappa shape index (κ3) is 5.52. The molecule has 1 fully saturated rings. The predicted molar refractivity (Wildman–Crippen MR) is 99.3 cm³/mol. The fourth-order valence-electron chi connectivity index (χ4n) is 3.89. The van der Waals surface area contributed by atoms with E-state index in [2.05, 4.69) is 16.4 Å². The van der Waals surface area contributed by atoms with Crippen LogP contribution in [0.1, 0.15) is 60.9 Å². The van der Waals surface area contributed by atoms with Gasteiger partial charge in [-0.2, -0.15) is 0 Å². The van der Waals surface area contributed by atoms with Crippen LogP contribution in [-0.2, 0) is 0 Å². The lowest BCUT2D eigenvalue weighted by Gasteiger charge is -2.28. The molecule has 1 aliphatic rings. The Bertz CT molecular complexity index is 949. The highest BCUT2D eigenvalue weighted by Gasteiger charge is 2.34. The van der Waals surface area contributed by atoms with Gasteiger partial charge in [0.2, 0.25) is 5.75 Å². The average Bonchev–Trinajstić information content (AvgIpc) is 2.69. The minimum Gasteiger partial charge on any atom is -0.423 e. The van der Waals surface area contributed by atoms with Crippen molar-refractivity contribution in [2.75, 3.05) is 0 Å². The van der Waals surface area contributed by atoms with Gasteiger partial charge >= 0.3 is 12.3 Å². The third-order valence-electron chi connectivity index (χ3n) is 5.56. The molecule has 1 aliphatic carbocycles. The summed E-state index contributed by atoms with van der Waals surface area (Å²) in [4.78, 5) is 12.2. The summed E-state index contributed by atoms with van der Waals surface area (Å²) < 4.78 is 101. The van der Waals surface area contributed by atoms with E-state index in [4.69, 9.17) is 0 Å². The van der Waals surface area contributed by atoms with Gasteiger partial charge in [-0.3, -0.25) is 0 Å². The van der Waals surface area contributed by atoms with E-state index in [9.17, 15) is 35.5 Å². The molecule has 0 bridgehead atoms. The predicted octanol–water partition coefficient (Wildman–Crippen LogP) is 7.04.